The van der Waals surface area contributed by atoms with Crippen LogP contribution in [0.4, 0.5) is 5.69 Å². The zero-order valence-electron chi connectivity index (χ0n) is 15.8. The molecule has 0 saturated heterocycles. The van der Waals surface area contributed by atoms with E-state index in [4.69, 9.17) is 10.5 Å². The number of nitrogens with one attached hydrogen (secondary N) is 1. The molecule has 3 aromatic rings. The van der Waals surface area contributed by atoms with Crippen LogP contribution in [0, 0.1) is 0 Å². The molecule has 1 heterocycles. The van der Waals surface area contributed by atoms with E-state index in [9.17, 15) is 19.2 Å². The summed E-state index contributed by atoms with van der Waals surface area (Å²) in [6.07, 6.45) is 0. The minimum atomic E-state index is -0.589. The Morgan fingerprint density at radius 1 is 1.03 bits per heavy atom. The molecule has 0 aliphatic rings. The normalized spacial score (nSPS) is 10.7. The molecule has 0 atom stereocenters. The number of primary amides is 1. The summed E-state index contributed by atoms with van der Waals surface area (Å²) in [5.41, 5.74) is 4.99. The maximum atomic E-state index is 12.7. The SMILES string of the molecule is CCn1c(=O)c2ccccc2n(CC(=O)Nc2ccc(OCC(N)=O)cc2)c1=O. The van der Waals surface area contributed by atoms with Crippen LogP contribution in [0.1, 0.15) is 6.92 Å². The number of ether oxygens (including phenoxy) is 1. The van der Waals surface area contributed by atoms with Crippen LogP contribution in [0.5, 0.6) is 5.75 Å². The number of hydrogen-bond acceptors (Lipinski definition) is 5. The zero-order valence-corrected chi connectivity index (χ0v) is 15.8. The molecule has 0 bridgehead atoms. The van der Waals surface area contributed by atoms with Gasteiger partial charge in [0.1, 0.15) is 12.3 Å². The standard InChI is InChI=1S/C20H20N4O5/c1-2-23-19(27)15-5-3-4-6-16(15)24(20(23)28)11-18(26)22-13-7-9-14(10-8-13)29-12-17(21)25/h3-10H,2,11-12H2,1H3,(H2,21,25)(H,22,26). The van der Waals surface area contributed by atoms with E-state index >= 15 is 0 Å². The lowest BCUT2D eigenvalue weighted by atomic mass is 10.2. The minimum absolute atomic E-state index is 0.205. The van der Waals surface area contributed by atoms with Crippen molar-refractivity contribution < 1.29 is 14.3 Å². The quantitative estimate of drug-likeness (QED) is 0.608. The molecule has 9 heteroatoms. The topological polar surface area (TPSA) is 125 Å². The third-order valence-corrected chi connectivity index (χ3v) is 4.27. The Kier molecular flexibility index (Phi) is 5.77. The molecule has 0 unspecified atom stereocenters. The summed E-state index contributed by atoms with van der Waals surface area (Å²) >= 11 is 0. The fourth-order valence-electron chi connectivity index (χ4n) is 2.94. The third-order valence-electron chi connectivity index (χ3n) is 4.27. The Morgan fingerprint density at radius 2 is 1.72 bits per heavy atom. The molecule has 29 heavy (non-hydrogen) atoms. The first-order valence-corrected chi connectivity index (χ1v) is 8.94. The molecule has 0 saturated carbocycles. The Hall–Kier alpha value is -3.88. The molecule has 1 aromatic heterocycles. The van der Waals surface area contributed by atoms with Crippen molar-refractivity contribution in [2.24, 2.45) is 5.73 Å². The van der Waals surface area contributed by atoms with Gasteiger partial charge in [0.25, 0.3) is 11.5 Å². The molecule has 2 aromatic carbocycles. The second kappa shape index (κ2) is 8.42. The van der Waals surface area contributed by atoms with E-state index in [0.29, 0.717) is 22.3 Å². The highest BCUT2D eigenvalue weighted by molar-refractivity contribution is 5.91. The van der Waals surface area contributed by atoms with Gasteiger partial charge in [0, 0.05) is 12.2 Å². The molecule has 3 rings (SSSR count). The van der Waals surface area contributed by atoms with Crippen LogP contribution in [0.25, 0.3) is 10.9 Å². The number of nitrogens with zero attached hydrogens (tertiary/aromatic N) is 2. The summed E-state index contributed by atoms with van der Waals surface area (Å²) in [6, 6.07) is 13.0. The summed E-state index contributed by atoms with van der Waals surface area (Å²) in [4.78, 5) is 48.4. The van der Waals surface area contributed by atoms with Crippen molar-refractivity contribution in [2.75, 3.05) is 11.9 Å². The van der Waals surface area contributed by atoms with E-state index in [-0.39, 0.29) is 25.3 Å². The van der Waals surface area contributed by atoms with Crippen molar-refractivity contribution in [1.82, 2.24) is 9.13 Å². The van der Waals surface area contributed by atoms with Crippen LogP contribution in [-0.4, -0.2) is 27.6 Å². The third kappa shape index (κ3) is 4.34. The first kappa shape index (κ1) is 19.9. The van der Waals surface area contributed by atoms with E-state index in [1.807, 2.05) is 0 Å². The smallest absolute Gasteiger partial charge is 0.331 e. The highest BCUT2D eigenvalue weighted by Crippen LogP contribution is 2.16. The van der Waals surface area contributed by atoms with E-state index < -0.39 is 17.5 Å². The van der Waals surface area contributed by atoms with Crippen LogP contribution >= 0.6 is 0 Å². The Morgan fingerprint density at radius 3 is 2.38 bits per heavy atom. The van der Waals surface area contributed by atoms with Crippen LogP contribution in [0.3, 0.4) is 0 Å². The number of anilines is 1. The molecule has 0 fully saturated rings. The number of fused-ring (bicyclic) bond motifs is 1. The minimum Gasteiger partial charge on any atom is -0.484 e. The number of rotatable bonds is 7. The highest BCUT2D eigenvalue weighted by Gasteiger charge is 2.14. The van der Waals surface area contributed by atoms with Crippen molar-refractivity contribution in [3.05, 3.63) is 69.4 Å². The lowest BCUT2D eigenvalue weighted by Gasteiger charge is -2.13. The molecule has 0 aliphatic carbocycles. The van der Waals surface area contributed by atoms with Gasteiger partial charge in [-0.25, -0.2) is 4.79 Å². The second-order valence-electron chi connectivity index (χ2n) is 6.26. The summed E-state index contributed by atoms with van der Waals surface area (Å²) in [5, 5.41) is 3.07. The van der Waals surface area contributed by atoms with Gasteiger partial charge in [-0.1, -0.05) is 12.1 Å². The summed E-state index contributed by atoms with van der Waals surface area (Å²) < 4.78 is 7.53. The highest BCUT2D eigenvalue weighted by atomic mass is 16.5. The first-order valence-electron chi connectivity index (χ1n) is 8.94. The van der Waals surface area contributed by atoms with Gasteiger partial charge in [-0.3, -0.25) is 23.5 Å². The zero-order chi connectivity index (χ0) is 21.0. The summed E-state index contributed by atoms with van der Waals surface area (Å²) in [5.74, 6) is -0.586. The van der Waals surface area contributed by atoms with Gasteiger partial charge >= 0.3 is 5.69 Å². The monoisotopic (exact) mass is 396 g/mol. The summed E-state index contributed by atoms with van der Waals surface area (Å²) in [7, 11) is 0. The number of carbonyl (C=O) groups excluding carboxylic acids is 2. The van der Waals surface area contributed by atoms with E-state index in [1.54, 1.807) is 55.5 Å². The average Bonchev–Trinajstić information content (AvgIpc) is 2.71. The van der Waals surface area contributed by atoms with E-state index in [1.165, 1.54) is 4.57 Å². The number of aromatic nitrogens is 2. The van der Waals surface area contributed by atoms with Gasteiger partial charge in [0.05, 0.1) is 10.9 Å². The van der Waals surface area contributed by atoms with Crippen LogP contribution in [0.2, 0.25) is 0 Å². The van der Waals surface area contributed by atoms with E-state index in [0.717, 1.165) is 4.57 Å². The van der Waals surface area contributed by atoms with Crippen molar-refractivity contribution >= 4 is 28.4 Å². The largest absolute Gasteiger partial charge is 0.484 e. The van der Waals surface area contributed by atoms with Crippen LogP contribution in [-0.2, 0) is 22.7 Å². The van der Waals surface area contributed by atoms with Crippen molar-refractivity contribution in [1.29, 1.82) is 0 Å². The van der Waals surface area contributed by atoms with Gasteiger partial charge in [-0.15, -0.1) is 0 Å². The number of para-hydroxylation sites is 1. The summed E-state index contributed by atoms with van der Waals surface area (Å²) in [6.45, 7) is 1.41. The van der Waals surface area contributed by atoms with Gasteiger partial charge in [0.15, 0.2) is 6.61 Å². The second-order valence-corrected chi connectivity index (χ2v) is 6.26. The van der Waals surface area contributed by atoms with Crippen LogP contribution in [0.15, 0.2) is 58.1 Å². The molecule has 0 spiro atoms. The molecule has 9 nitrogen and oxygen atoms in total. The maximum Gasteiger partial charge on any atom is 0.331 e. The Labute approximate surface area is 165 Å². The molecule has 3 N–H and O–H groups in total. The Balaban J connectivity index is 1.82. The van der Waals surface area contributed by atoms with Crippen molar-refractivity contribution in [3.8, 4) is 5.75 Å². The molecule has 150 valence electrons. The van der Waals surface area contributed by atoms with Crippen molar-refractivity contribution in [3.63, 3.8) is 0 Å². The molecular weight excluding hydrogens is 376 g/mol. The lowest BCUT2D eigenvalue weighted by Crippen LogP contribution is -2.41. The van der Waals surface area contributed by atoms with Gasteiger partial charge < -0.3 is 15.8 Å². The van der Waals surface area contributed by atoms with Crippen molar-refractivity contribution in [2.45, 2.75) is 20.0 Å². The number of nitrogens with two attached hydrogens (primary N) is 1. The maximum absolute atomic E-state index is 12.7. The number of benzene rings is 2. The number of amides is 2. The Bertz CT molecular complexity index is 1180. The predicted molar refractivity (Wildman–Crippen MR) is 108 cm³/mol. The van der Waals surface area contributed by atoms with Gasteiger partial charge in [0.2, 0.25) is 5.91 Å². The first-order chi connectivity index (χ1) is 13.9. The number of carbonyl (C=O) groups is 2. The lowest BCUT2D eigenvalue weighted by molar-refractivity contribution is -0.120. The van der Waals surface area contributed by atoms with Gasteiger partial charge in [-0.2, -0.15) is 0 Å². The molecule has 2 amide bonds. The molecule has 0 radical (unpaired) electrons. The molecule has 0 aliphatic heterocycles. The molecular formula is C20H20N4O5. The number of hydrogen-bond donors (Lipinski definition) is 2. The fourth-order valence-corrected chi connectivity index (χ4v) is 2.94. The van der Waals surface area contributed by atoms with Crippen LogP contribution < -0.4 is 27.0 Å². The average molecular weight is 396 g/mol. The van der Waals surface area contributed by atoms with Gasteiger partial charge in [-0.05, 0) is 43.3 Å². The predicted octanol–water partition coefficient (Wildman–Crippen LogP) is 0.686. The van der Waals surface area contributed by atoms with E-state index in [2.05, 4.69) is 5.32 Å². The fraction of sp³-hybridized carbons (Fsp3) is 0.200.